The second-order valence-corrected chi connectivity index (χ2v) is 3.76. The van der Waals surface area contributed by atoms with Crippen LogP contribution in [0.5, 0.6) is 0 Å². The molecule has 0 fully saturated rings. The summed E-state index contributed by atoms with van der Waals surface area (Å²) in [6.45, 7) is -0.174. The number of rotatable bonds is 4. The van der Waals surface area contributed by atoms with E-state index in [2.05, 4.69) is 15.3 Å². The van der Waals surface area contributed by atoms with Crippen LogP contribution in [0.15, 0.2) is 24.7 Å². The van der Waals surface area contributed by atoms with E-state index in [1.807, 2.05) is 0 Å². The zero-order chi connectivity index (χ0) is 14.7. The molecule has 0 spiro atoms. The van der Waals surface area contributed by atoms with Crippen molar-refractivity contribution in [2.45, 2.75) is 6.54 Å². The maximum Gasteiger partial charge on any atom is 0.339 e. The number of hydrogen-bond acceptors (Lipinski definition) is 4. The third kappa shape index (κ3) is 2.68. The van der Waals surface area contributed by atoms with Gasteiger partial charge in [-0.2, -0.15) is 0 Å². The Morgan fingerprint density at radius 2 is 2.00 bits per heavy atom. The van der Waals surface area contributed by atoms with Crippen LogP contribution in [0.25, 0.3) is 0 Å². The van der Waals surface area contributed by atoms with Crippen LogP contribution in [-0.2, 0) is 6.54 Å². The molecule has 104 valence electrons. The quantitative estimate of drug-likeness (QED) is 0.841. The molecule has 1 heterocycles. The zero-order valence-electron chi connectivity index (χ0n) is 9.90. The number of carboxylic acids is 1. The van der Waals surface area contributed by atoms with Gasteiger partial charge in [-0.1, -0.05) is 0 Å². The summed E-state index contributed by atoms with van der Waals surface area (Å²) < 4.78 is 39.2. The zero-order valence-corrected chi connectivity index (χ0v) is 9.90. The summed E-state index contributed by atoms with van der Waals surface area (Å²) in [5, 5.41) is 11.4. The molecule has 0 radical (unpaired) electrons. The Hall–Kier alpha value is -2.64. The van der Waals surface area contributed by atoms with E-state index in [9.17, 15) is 18.0 Å². The Morgan fingerprint density at radius 1 is 1.25 bits per heavy atom. The van der Waals surface area contributed by atoms with Gasteiger partial charge in [-0.3, -0.25) is 0 Å². The lowest BCUT2D eigenvalue weighted by molar-refractivity contribution is 0.0694. The maximum absolute atomic E-state index is 13.4. The van der Waals surface area contributed by atoms with Crippen LogP contribution < -0.4 is 5.32 Å². The summed E-state index contributed by atoms with van der Waals surface area (Å²) in [6, 6.07) is 1.77. The van der Waals surface area contributed by atoms with Crippen molar-refractivity contribution in [2.75, 3.05) is 5.32 Å². The van der Waals surface area contributed by atoms with E-state index in [-0.39, 0.29) is 23.5 Å². The van der Waals surface area contributed by atoms with Crippen LogP contribution in [0.3, 0.4) is 0 Å². The predicted octanol–water partition coefficient (Wildman–Crippen LogP) is 2.20. The van der Waals surface area contributed by atoms with Gasteiger partial charge in [0.05, 0.1) is 17.9 Å². The molecule has 0 saturated carbocycles. The topological polar surface area (TPSA) is 75.1 Å². The standard InChI is InChI=1S/C12H8F3N3O2/c13-7-1-2-8(11(15)10(7)14)17-4-9-6(12(19)20)3-16-5-18-9/h1-3,5,17H,4H2,(H,19,20). The smallest absolute Gasteiger partial charge is 0.339 e. The number of hydrogen-bond donors (Lipinski definition) is 2. The van der Waals surface area contributed by atoms with E-state index in [1.165, 1.54) is 0 Å². The van der Waals surface area contributed by atoms with Crippen molar-refractivity contribution in [3.63, 3.8) is 0 Å². The summed E-state index contributed by atoms with van der Waals surface area (Å²) >= 11 is 0. The van der Waals surface area contributed by atoms with Gasteiger partial charge in [0, 0.05) is 6.20 Å². The lowest BCUT2D eigenvalue weighted by atomic mass is 10.2. The molecular weight excluding hydrogens is 275 g/mol. The fraction of sp³-hybridized carbons (Fsp3) is 0.0833. The molecule has 0 amide bonds. The largest absolute Gasteiger partial charge is 0.478 e. The van der Waals surface area contributed by atoms with Gasteiger partial charge in [-0.25, -0.2) is 27.9 Å². The number of benzene rings is 1. The molecule has 5 nitrogen and oxygen atoms in total. The highest BCUT2D eigenvalue weighted by Crippen LogP contribution is 2.20. The first kappa shape index (κ1) is 13.8. The van der Waals surface area contributed by atoms with Crippen molar-refractivity contribution < 1.29 is 23.1 Å². The van der Waals surface area contributed by atoms with Crippen molar-refractivity contribution in [2.24, 2.45) is 0 Å². The van der Waals surface area contributed by atoms with Crippen LogP contribution in [0.2, 0.25) is 0 Å². The lowest BCUT2D eigenvalue weighted by Crippen LogP contribution is -2.11. The van der Waals surface area contributed by atoms with Crippen molar-refractivity contribution in [1.82, 2.24) is 9.97 Å². The van der Waals surface area contributed by atoms with E-state index < -0.39 is 23.4 Å². The van der Waals surface area contributed by atoms with Gasteiger partial charge in [0.2, 0.25) is 0 Å². The molecule has 0 saturated heterocycles. The maximum atomic E-state index is 13.4. The summed E-state index contributed by atoms with van der Waals surface area (Å²) in [4.78, 5) is 18.2. The molecule has 2 aromatic rings. The second-order valence-electron chi connectivity index (χ2n) is 3.76. The molecule has 1 aromatic heterocycles. The van der Waals surface area contributed by atoms with E-state index in [0.717, 1.165) is 24.7 Å². The van der Waals surface area contributed by atoms with Gasteiger partial charge in [0.25, 0.3) is 0 Å². The van der Waals surface area contributed by atoms with Gasteiger partial charge in [0.1, 0.15) is 11.9 Å². The molecule has 0 aliphatic rings. The minimum Gasteiger partial charge on any atom is -0.478 e. The number of nitrogens with zero attached hydrogens (tertiary/aromatic N) is 2. The Balaban J connectivity index is 2.22. The van der Waals surface area contributed by atoms with Crippen LogP contribution in [-0.4, -0.2) is 21.0 Å². The molecule has 8 heteroatoms. The van der Waals surface area contributed by atoms with Gasteiger partial charge in [-0.15, -0.1) is 0 Å². The van der Waals surface area contributed by atoms with Crippen LogP contribution in [0, 0.1) is 17.5 Å². The Kier molecular flexibility index (Phi) is 3.83. The number of halogens is 3. The van der Waals surface area contributed by atoms with Crippen molar-refractivity contribution >= 4 is 11.7 Å². The molecular formula is C12H8F3N3O2. The molecule has 0 aliphatic heterocycles. The summed E-state index contributed by atoms with van der Waals surface area (Å²) in [7, 11) is 0. The first-order valence-electron chi connectivity index (χ1n) is 5.40. The highest BCUT2D eigenvalue weighted by atomic mass is 19.2. The van der Waals surface area contributed by atoms with Gasteiger partial charge < -0.3 is 10.4 Å². The van der Waals surface area contributed by atoms with Gasteiger partial charge >= 0.3 is 5.97 Å². The summed E-state index contributed by atoms with van der Waals surface area (Å²) in [6.07, 6.45) is 2.22. The Labute approximate surface area is 111 Å². The average molecular weight is 283 g/mol. The molecule has 2 rings (SSSR count). The predicted molar refractivity (Wildman–Crippen MR) is 62.6 cm³/mol. The third-order valence-corrected chi connectivity index (χ3v) is 2.51. The molecule has 0 aliphatic carbocycles. The van der Waals surface area contributed by atoms with E-state index in [4.69, 9.17) is 5.11 Å². The minimum absolute atomic E-state index is 0.0941. The van der Waals surface area contributed by atoms with E-state index >= 15 is 0 Å². The monoisotopic (exact) mass is 283 g/mol. The van der Waals surface area contributed by atoms with Gasteiger partial charge in [0.15, 0.2) is 17.5 Å². The second kappa shape index (κ2) is 5.55. The lowest BCUT2D eigenvalue weighted by Gasteiger charge is -2.09. The number of carbonyl (C=O) groups is 1. The number of aromatic carboxylic acids is 1. The van der Waals surface area contributed by atoms with E-state index in [0.29, 0.717) is 0 Å². The number of anilines is 1. The first-order valence-corrected chi connectivity index (χ1v) is 5.40. The summed E-state index contributed by atoms with van der Waals surface area (Å²) in [5.41, 5.74) is -0.363. The average Bonchev–Trinajstić information content (AvgIpc) is 2.44. The molecule has 0 atom stereocenters. The van der Waals surface area contributed by atoms with E-state index in [1.54, 1.807) is 0 Å². The molecule has 0 unspecified atom stereocenters. The van der Waals surface area contributed by atoms with Crippen molar-refractivity contribution in [3.8, 4) is 0 Å². The molecule has 1 aromatic carbocycles. The third-order valence-electron chi connectivity index (χ3n) is 2.51. The molecule has 20 heavy (non-hydrogen) atoms. The van der Waals surface area contributed by atoms with Gasteiger partial charge in [-0.05, 0) is 12.1 Å². The highest BCUT2D eigenvalue weighted by Gasteiger charge is 2.15. The highest BCUT2D eigenvalue weighted by molar-refractivity contribution is 5.88. The first-order chi connectivity index (χ1) is 9.50. The van der Waals surface area contributed by atoms with Crippen LogP contribution in [0.4, 0.5) is 18.9 Å². The SMILES string of the molecule is O=C(O)c1cncnc1CNc1ccc(F)c(F)c1F. The Morgan fingerprint density at radius 3 is 2.70 bits per heavy atom. The minimum atomic E-state index is -1.60. The number of nitrogens with one attached hydrogen (secondary N) is 1. The van der Waals surface area contributed by atoms with Crippen LogP contribution in [0.1, 0.15) is 16.1 Å². The molecule has 0 bridgehead atoms. The summed E-state index contributed by atoms with van der Waals surface area (Å²) in [5.74, 6) is -5.53. The fourth-order valence-corrected chi connectivity index (χ4v) is 1.52. The molecule has 2 N–H and O–H groups in total. The number of aromatic nitrogens is 2. The van der Waals surface area contributed by atoms with Crippen LogP contribution >= 0.6 is 0 Å². The number of carboxylic acid groups (broad SMARTS) is 1. The van der Waals surface area contributed by atoms with Crippen molar-refractivity contribution in [1.29, 1.82) is 0 Å². The Bertz CT molecular complexity index is 664. The fourth-order valence-electron chi connectivity index (χ4n) is 1.52. The van der Waals surface area contributed by atoms with Crippen molar-refractivity contribution in [3.05, 3.63) is 53.4 Å². The normalized spacial score (nSPS) is 10.3.